The number of ketones is 1. The van der Waals surface area contributed by atoms with Crippen molar-refractivity contribution in [2.24, 2.45) is 28.6 Å². The third kappa shape index (κ3) is 3.78. The SMILES string of the molecule is CCCC(CCC)OC(=O)O[C@]1(C(=O)O)[C@H](C)C[C@H]2[C@@H]3CC(F)=C4CC(=O)C=C[C@]4(C)[C@@]3(F)[C@@H](O)C[C@@]21C. The molecule has 2 saturated carbocycles. The van der Waals surface area contributed by atoms with Crippen LogP contribution in [0.3, 0.4) is 0 Å². The molecule has 0 aromatic heterocycles. The lowest BCUT2D eigenvalue weighted by molar-refractivity contribution is -0.227. The lowest BCUT2D eigenvalue weighted by Gasteiger charge is -2.61. The molecule has 4 aliphatic carbocycles. The number of carboxylic acids is 1. The van der Waals surface area contributed by atoms with Gasteiger partial charge in [0.05, 0.1) is 6.10 Å². The minimum atomic E-state index is -2.33. The van der Waals surface area contributed by atoms with E-state index in [0.29, 0.717) is 12.8 Å². The van der Waals surface area contributed by atoms with E-state index in [1.807, 2.05) is 13.8 Å². The third-order valence-electron chi connectivity index (χ3n) is 10.2. The van der Waals surface area contributed by atoms with Gasteiger partial charge in [0.2, 0.25) is 5.60 Å². The number of alkyl halides is 1. The zero-order chi connectivity index (χ0) is 28.3. The number of fused-ring (bicyclic) bond motifs is 5. The summed E-state index contributed by atoms with van der Waals surface area (Å²) in [7, 11) is 0. The van der Waals surface area contributed by atoms with E-state index in [0.717, 1.165) is 12.8 Å². The Morgan fingerprint density at radius 1 is 1.18 bits per heavy atom. The second-order valence-electron chi connectivity index (χ2n) is 12.2. The van der Waals surface area contributed by atoms with Crippen molar-refractivity contribution in [3.8, 4) is 0 Å². The van der Waals surface area contributed by atoms with Crippen molar-refractivity contribution in [2.45, 2.75) is 109 Å². The van der Waals surface area contributed by atoms with E-state index >= 15 is 8.78 Å². The highest BCUT2D eigenvalue weighted by atomic mass is 19.1. The number of rotatable bonds is 7. The van der Waals surface area contributed by atoms with Crippen LogP contribution in [0.2, 0.25) is 0 Å². The summed E-state index contributed by atoms with van der Waals surface area (Å²) in [5, 5.41) is 22.0. The Kier molecular flexibility index (Phi) is 7.34. The lowest BCUT2D eigenvalue weighted by Crippen LogP contribution is -2.69. The summed E-state index contributed by atoms with van der Waals surface area (Å²) < 4.78 is 44.2. The van der Waals surface area contributed by atoms with E-state index < -0.39 is 70.0 Å². The topological polar surface area (TPSA) is 110 Å². The number of aliphatic hydroxyl groups is 1. The molecule has 212 valence electrons. The molecule has 2 N–H and O–H groups in total. The Bertz CT molecular complexity index is 1070. The van der Waals surface area contributed by atoms with Gasteiger partial charge in [0.1, 0.15) is 11.9 Å². The van der Waals surface area contributed by atoms with Gasteiger partial charge in [0.15, 0.2) is 11.5 Å². The molecule has 0 aliphatic heterocycles. The van der Waals surface area contributed by atoms with E-state index in [1.54, 1.807) is 13.8 Å². The number of hydrogen-bond acceptors (Lipinski definition) is 6. The quantitative estimate of drug-likeness (QED) is 0.392. The first kappa shape index (κ1) is 28.7. The molecule has 4 rings (SSSR count). The van der Waals surface area contributed by atoms with E-state index in [-0.39, 0.29) is 37.0 Å². The molecule has 4 aliphatic rings. The summed E-state index contributed by atoms with van der Waals surface area (Å²) in [6.07, 6.45) is 1.36. The molecule has 0 spiro atoms. The summed E-state index contributed by atoms with van der Waals surface area (Å²) in [6, 6.07) is 0. The number of ether oxygens (including phenoxy) is 2. The maximum absolute atomic E-state index is 17.3. The summed E-state index contributed by atoms with van der Waals surface area (Å²) in [6.45, 7) is 8.64. The number of hydrogen-bond donors (Lipinski definition) is 2. The molecule has 0 heterocycles. The van der Waals surface area contributed by atoms with Gasteiger partial charge in [-0.15, -0.1) is 0 Å². The highest BCUT2D eigenvalue weighted by Gasteiger charge is 2.78. The Hall–Kier alpha value is -2.29. The van der Waals surface area contributed by atoms with Crippen LogP contribution in [0.1, 0.15) is 86.0 Å². The zero-order valence-electron chi connectivity index (χ0n) is 22.9. The van der Waals surface area contributed by atoms with Crippen LogP contribution in [-0.4, -0.2) is 51.6 Å². The summed E-state index contributed by atoms with van der Waals surface area (Å²) in [4.78, 5) is 38.0. The van der Waals surface area contributed by atoms with Crippen LogP contribution < -0.4 is 0 Å². The van der Waals surface area contributed by atoms with E-state index in [2.05, 4.69) is 0 Å². The maximum atomic E-state index is 17.3. The summed E-state index contributed by atoms with van der Waals surface area (Å²) in [5.41, 5.74) is -7.34. The molecule has 0 aromatic carbocycles. The number of aliphatic hydroxyl groups excluding tert-OH is 1. The van der Waals surface area contributed by atoms with Gasteiger partial charge in [-0.25, -0.2) is 18.4 Å². The maximum Gasteiger partial charge on any atom is 0.509 e. The molecule has 38 heavy (non-hydrogen) atoms. The van der Waals surface area contributed by atoms with Crippen LogP contribution in [0.4, 0.5) is 13.6 Å². The molecule has 0 unspecified atom stereocenters. The smallest absolute Gasteiger partial charge is 0.478 e. The first-order chi connectivity index (χ1) is 17.7. The van der Waals surface area contributed by atoms with Crippen LogP contribution in [0.5, 0.6) is 0 Å². The fourth-order valence-electron chi connectivity index (χ4n) is 8.41. The molecular weight excluding hydrogens is 498 g/mol. The first-order valence-corrected chi connectivity index (χ1v) is 13.8. The van der Waals surface area contributed by atoms with Crippen molar-refractivity contribution in [3.05, 3.63) is 23.6 Å². The largest absolute Gasteiger partial charge is 0.509 e. The van der Waals surface area contributed by atoms with E-state index in [9.17, 15) is 24.6 Å². The Morgan fingerprint density at radius 2 is 1.82 bits per heavy atom. The Balaban J connectivity index is 1.75. The molecule has 7 nitrogen and oxygen atoms in total. The van der Waals surface area contributed by atoms with Crippen LogP contribution in [-0.2, 0) is 19.1 Å². The van der Waals surface area contributed by atoms with E-state index in [1.165, 1.54) is 19.1 Å². The van der Waals surface area contributed by atoms with Gasteiger partial charge >= 0.3 is 12.1 Å². The van der Waals surface area contributed by atoms with Crippen LogP contribution in [0, 0.1) is 28.6 Å². The standard InChI is InChI=1S/C29H40F2O7/c1-6-8-18(9-7-2)37-25(36)38-29(24(34)35)16(3)12-19-20-14-22(30)21-13-17(32)10-11-26(21,4)28(20,31)23(33)15-27(19,29)5/h10-11,16,18-20,23,33H,6-9,12-15H2,1-5H3,(H,34,35)/t16-,19+,20+,23+,26+,27+,28+,29+/m1/s1. The number of allylic oxidation sites excluding steroid dienone is 4. The summed E-state index contributed by atoms with van der Waals surface area (Å²) >= 11 is 0. The minimum Gasteiger partial charge on any atom is -0.478 e. The van der Waals surface area contributed by atoms with Crippen LogP contribution in [0.15, 0.2) is 23.6 Å². The average Bonchev–Trinajstić information content (AvgIpc) is 3.05. The van der Waals surface area contributed by atoms with Gasteiger partial charge < -0.3 is 19.7 Å². The molecule has 9 heteroatoms. The monoisotopic (exact) mass is 538 g/mol. The number of carboxylic acid groups (broad SMARTS) is 1. The molecular formula is C29H40F2O7. The molecule has 2 fully saturated rings. The Labute approximate surface area is 222 Å². The molecule has 0 amide bonds. The van der Waals surface area contributed by atoms with Crippen molar-refractivity contribution >= 4 is 17.9 Å². The Morgan fingerprint density at radius 3 is 2.39 bits per heavy atom. The normalized spacial score (nSPS) is 42.0. The van der Waals surface area contributed by atoms with Crippen molar-refractivity contribution in [1.82, 2.24) is 0 Å². The molecule has 8 atom stereocenters. The summed E-state index contributed by atoms with van der Waals surface area (Å²) in [5.74, 6) is -4.87. The predicted octanol–water partition coefficient (Wildman–Crippen LogP) is 5.85. The first-order valence-electron chi connectivity index (χ1n) is 13.8. The predicted molar refractivity (Wildman–Crippen MR) is 134 cm³/mol. The van der Waals surface area contributed by atoms with Crippen LogP contribution in [0.25, 0.3) is 0 Å². The number of carbonyl (C=O) groups is 3. The molecule has 0 aromatic rings. The van der Waals surface area contributed by atoms with Gasteiger partial charge in [-0.3, -0.25) is 4.79 Å². The molecule has 0 saturated heterocycles. The molecule has 0 bridgehead atoms. The second kappa shape index (κ2) is 9.72. The van der Waals surface area contributed by atoms with E-state index in [4.69, 9.17) is 9.47 Å². The average molecular weight is 539 g/mol. The highest BCUT2D eigenvalue weighted by molar-refractivity contribution is 5.93. The van der Waals surface area contributed by atoms with Crippen molar-refractivity contribution in [3.63, 3.8) is 0 Å². The fraction of sp³-hybridized carbons (Fsp3) is 0.759. The second-order valence-corrected chi connectivity index (χ2v) is 12.2. The highest BCUT2D eigenvalue weighted by Crippen LogP contribution is 2.71. The number of halogens is 2. The van der Waals surface area contributed by atoms with Gasteiger partial charge in [0.25, 0.3) is 0 Å². The number of carbonyl (C=O) groups excluding carboxylic acids is 2. The lowest BCUT2D eigenvalue weighted by atomic mass is 9.45. The number of aliphatic carboxylic acids is 1. The van der Waals surface area contributed by atoms with Crippen molar-refractivity contribution in [2.75, 3.05) is 0 Å². The van der Waals surface area contributed by atoms with Gasteiger partial charge in [0, 0.05) is 35.5 Å². The zero-order valence-corrected chi connectivity index (χ0v) is 22.9. The third-order valence-corrected chi connectivity index (χ3v) is 10.2. The van der Waals surface area contributed by atoms with Crippen LogP contribution >= 0.6 is 0 Å². The van der Waals surface area contributed by atoms with Gasteiger partial charge in [-0.05, 0) is 50.2 Å². The van der Waals surface area contributed by atoms with Gasteiger partial charge in [-0.1, -0.05) is 46.6 Å². The fourth-order valence-corrected chi connectivity index (χ4v) is 8.41. The molecule has 0 radical (unpaired) electrons. The van der Waals surface area contributed by atoms with Gasteiger partial charge in [-0.2, -0.15) is 0 Å². The minimum absolute atomic E-state index is 0.0414. The van der Waals surface area contributed by atoms with Crippen molar-refractivity contribution < 1.29 is 42.9 Å². The van der Waals surface area contributed by atoms with Crippen molar-refractivity contribution in [1.29, 1.82) is 0 Å².